The summed E-state index contributed by atoms with van der Waals surface area (Å²) in [6.45, 7) is 6.88. The van der Waals surface area contributed by atoms with E-state index < -0.39 is 0 Å². The third-order valence-electron chi connectivity index (χ3n) is 10.8. The van der Waals surface area contributed by atoms with Crippen LogP contribution < -0.4 is 4.90 Å². The van der Waals surface area contributed by atoms with Gasteiger partial charge in [-0.05, 0) is 113 Å². The molecule has 0 N–H and O–H groups in total. The van der Waals surface area contributed by atoms with Crippen LogP contribution >= 0.6 is 0 Å². The number of anilines is 3. The fourth-order valence-electron chi connectivity index (χ4n) is 8.19. The first kappa shape index (κ1) is 31.2. The summed E-state index contributed by atoms with van der Waals surface area (Å²) in [7, 11) is 0. The molecular weight excluding hydrogens is 643 g/mol. The van der Waals surface area contributed by atoms with Gasteiger partial charge in [-0.25, -0.2) is 0 Å². The van der Waals surface area contributed by atoms with E-state index in [0.717, 1.165) is 28.4 Å². The van der Waals surface area contributed by atoms with Crippen LogP contribution in [0.1, 0.15) is 26.3 Å². The third kappa shape index (κ3) is 5.11. The van der Waals surface area contributed by atoms with Crippen molar-refractivity contribution < 1.29 is 0 Å². The van der Waals surface area contributed by atoms with Gasteiger partial charge in [-0.2, -0.15) is 0 Å². The van der Waals surface area contributed by atoms with E-state index in [-0.39, 0.29) is 5.41 Å². The molecule has 0 fully saturated rings. The average molecular weight is 682 g/mol. The van der Waals surface area contributed by atoms with E-state index in [9.17, 15) is 0 Å². The quantitative estimate of drug-likeness (QED) is 0.176. The highest BCUT2D eigenvalue weighted by Gasteiger charge is 2.21. The number of nitrogens with zero attached hydrogens (tertiary/aromatic N) is 3. The minimum absolute atomic E-state index is 0.0322. The lowest BCUT2D eigenvalue weighted by molar-refractivity contribution is 0.591. The van der Waals surface area contributed by atoms with Gasteiger partial charge in [0.05, 0.1) is 22.1 Å². The first-order valence-electron chi connectivity index (χ1n) is 18.4. The number of benzene rings is 8. The van der Waals surface area contributed by atoms with Gasteiger partial charge in [0.2, 0.25) is 0 Å². The van der Waals surface area contributed by atoms with Gasteiger partial charge in [-0.1, -0.05) is 112 Å². The molecule has 0 radical (unpaired) electrons. The molecule has 0 atom stereocenters. The Kier molecular flexibility index (Phi) is 7.06. The number of rotatable bonds is 5. The van der Waals surface area contributed by atoms with Gasteiger partial charge in [0.15, 0.2) is 0 Å². The van der Waals surface area contributed by atoms with Crippen molar-refractivity contribution in [1.29, 1.82) is 0 Å². The van der Waals surface area contributed by atoms with Gasteiger partial charge >= 0.3 is 0 Å². The standard InChI is InChI=1S/C50H39N3/c1-50(2,3)36-23-27-47-43(31-36)45-33-41(26-29-49(45)52(47)38-18-8-5-9-19-38)51(37-16-6-4-7-17-37)40-25-28-48-44(32-40)42-20-12-13-21-46(42)53(48)39-24-22-34-14-10-11-15-35(34)30-39/h4-33H,1-3H3. The van der Waals surface area contributed by atoms with Crippen LogP contribution in [0.4, 0.5) is 17.1 Å². The Labute approximate surface area is 309 Å². The van der Waals surface area contributed by atoms with Gasteiger partial charge in [0, 0.05) is 50.0 Å². The van der Waals surface area contributed by atoms with E-state index in [0.29, 0.717) is 0 Å². The van der Waals surface area contributed by atoms with E-state index in [1.165, 1.54) is 59.9 Å². The highest BCUT2D eigenvalue weighted by atomic mass is 15.1. The summed E-state index contributed by atoms with van der Waals surface area (Å²) in [5.74, 6) is 0. The molecule has 53 heavy (non-hydrogen) atoms. The van der Waals surface area contributed by atoms with E-state index in [1.54, 1.807) is 0 Å². The monoisotopic (exact) mass is 681 g/mol. The molecule has 0 aliphatic rings. The second-order valence-corrected chi connectivity index (χ2v) is 15.1. The maximum absolute atomic E-state index is 2.41. The molecule has 10 rings (SSSR count). The molecule has 254 valence electrons. The SMILES string of the molecule is CC(C)(C)c1ccc2c(c1)c1cc(N(c3ccccc3)c3ccc4c(c3)c3ccccc3n4-c3ccc4ccccc4c3)ccc1n2-c1ccccc1. The van der Waals surface area contributed by atoms with Crippen molar-refractivity contribution in [1.82, 2.24) is 9.13 Å². The molecule has 8 aromatic carbocycles. The van der Waals surface area contributed by atoms with Crippen molar-refractivity contribution in [2.75, 3.05) is 4.90 Å². The first-order chi connectivity index (χ1) is 25.9. The number of hydrogen-bond acceptors (Lipinski definition) is 1. The molecule has 0 bridgehead atoms. The van der Waals surface area contributed by atoms with Crippen LogP contribution in [0.15, 0.2) is 182 Å². The van der Waals surface area contributed by atoms with Crippen LogP contribution in [0.5, 0.6) is 0 Å². The zero-order valence-corrected chi connectivity index (χ0v) is 30.2. The molecule has 0 aliphatic heterocycles. The summed E-state index contributed by atoms with van der Waals surface area (Å²) < 4.78 is 4.81. The van der Waals surface area contributed by atoms with E-state index >= 15 is 0 Å². The zero-order valence-electron chi connectivity index (χ0n) is 30.2. The number of para-hydroxylation sites is 3. The molecule has 2 aromatic heterocycles. The molecule has 0 unspecified atom stereocenters. The van der Waals surface area contributed by atoms with Crippen LogP contribution in [-0.2, 0) is 5.41 Å². The molecule has 3 heteroatoms. The lowest BCUT2D eigenvalue weighted by Gasteiger charge is -2.26. The first-order valence-corrected chi connectivity index (χ1v) is 18.4. The van der Waals surface area contributed by atoms with Gasteiger partial charge in [-0.15, -0.1) is 0 Å². The van der Waals surface area contributed by atoms with Gasteiger partial charge in [0.25, 0.3) is 0 Å². The van der Waals surface area contributed by atoms with Gasteiger partial charge in [0.1, 0.15) is 0 Å². The zero-order chi connectivity index (χ0) is 35.7. The smallest absolute Gasteiger partial charge is 0.0542 e. The van der Waals surface area contributed by atoms with Crippen molar-refractivity contribution >= 4 is 71.4 Å². The number of fused-ring (bicyclic) bond motifs is 7. The minimum atomic E-state index is 0.0322. The van der Waals surface area contributed by atoms with E-state index in [1.807, 2.05) is 0 Å². The van der Waals surface area contributed by atoms with Gasteiger partial charge in [-0.3, -0.25) is 0 Å². The Hall–Kier alpha value is -6.58. The Morgan fingerprint density at radius 1 is 0.358 bits per heavy atom. The summed E-state index contributed by atoms with van der Waals surface area (Å²) in [4.78, 5) is 2.40. The Morgan fingerprint density at radius 2 is 0.887 bits per heavy atom. The summed E-state index contributed by atoms with van der Waals surface area (Å²) in [6, 6.07) is 66.5. The summed E-state index contributed by atoms with van der Waals surface area (Å²) in [5.41, 5.74) is 11.8. The average Bonchev–Trinajstić information content (AvgIpc) is 3.70. The maximum atomic E-state index is 2.41. The normalized spacial score (nSPS) is 12.1. The fourth-order valence-corrected chi connectivity index (χ4v) is 8.19. The molecule has 0 aliphatic carbocycles. The van der Waals surface area contributed by atoms with Crippen LogP contribution in [0, 0.1) is 0 Å². The van der Waals surface area contributed by atoms with Crippen LogP contribution in [0.2, 0.25) is 0 Å². The van der Waals surface area contributed by atoms with Crippen LogP contribution in [0.3, 0.4) is 0 Å². The molecule has 10 aromatic rings. The highest BCUT2D eigenvalue weighted by Crippen LogP contribution is 2.43. The van der Waals surface area contributed by atoms with Crippen molar-refractivity contribution in [2.45, 2.75) is 26.2 Å². The van der Waals surface area contributed by atoms with Crippen molar-refractivity contribution in [3.05, 3.63) is 188 Å². The van der Waals surface area contributed by atoms with Crippen LogP contribution in [-0.4, -0.2) is 9.13 Å². The lowest BCUT2D eigenvalue weighted by Crippen LogP contribution is -2.10. The van der Waals surface area contributed by atoms with Gasteiger partial charge < -0.3 is 14.0 Å². The van der Waals surface area contributed by atoms with Crippen molar-refractivity contribution in [3.8, 4) is 11.4 Å². The summed E-state index contributed by atoms with van der Waals surface area (Å²) >= 11 is 0. The minimum Gasteiger partial charge on any atom is -0.310 e. The van der Waals surface area contributed by atoms with E-state index in [2.05, 4.69) is 217 Å². The number of hydrogen-bond donors (Lipinski definition) is 0. The molecule has 3 nitrogen and oxygen atoms in total. The highest BCUT2D eigenvalue weighted by molar-refractivity contribution is 6.13. The fraction of sp³-hybridized carbons (Fsp3) is 0.0800. The maximum Gasteiger partial charge on any atom is 0.0542 e. The summed E-state index contributed by atoms with van der Waals surface area (Å²) in [5, 5.41) is 7.45. The second-order valence-electron chi connectivity index (χ2n) is 15.1. The topological polar surface area (TPSA) is 13.1 Å². The Bertz CT molecular complexity index is 2980. The Balaban J connectivity index is 1.20. The van der Waals surface area contributed by atoms with E-state index in [4.69, 9.17) is 0 Å². The number of aromatic nitrogens is 2. The molecule has 0 amide bonds. The second kappa shape index (κ2) is 12.0. The van der Waals surface area contributed by atoms with Crippen molar-refractivity contribution in [3.63, 3.8) is 0 Å². The Morgan fingerprint density at radius 3 is 1.58 bits per heavy atom. The third-order valence-corrected chi connectivity index (χ3v) is 10.8. The van der Waals surface area contributed by atoms with Crippen molar-refractivity contribution in [2.24, 2.45) is 0 Å². The predicted octanol–water partition coefficient (Wildman–Crippen LogP) is 13.8. The lowest BCUT2D eigenvalue weighted by atomic mass is 9.86. The van der Waals surface area contributed by atoms with Crippen LogP contribution in [0.25, 0.3) is 65.8 Å². The molecule has 0 saturated carbocycles. The largest absolute Gasteiger partial charge is 0.310 e. The summed E-state index contributed by atoms with van der Waals surface area (Å²) in [6.07, 6.45) is 0. The molecular formula is C50H39N3. The predicted molar refractivity (Wildman–Crippen MR) is 226 cm³/mol. The molecule has 2 heterocycles. The molecule has 0 spiro atoms. The molecule has 0 saturated heterocycles.